The summed E-state index contributed by atoms with van der Waals surface area (Å²) in [5, 5.41) is 19.5. The standard InChI is InChI=1S/C10H5F3N4O4/c11-10(12,13)8-1-6(7(2-14-8)17(20)21)16-3-5(9(18)19)15-4-16/h1-4H,(H,18,19). The molecule has 2 aromatic rings. The van der Waals surface area contributed by atoms with Gasteiger partial charge in [0.15, 0.2) is 5.69 Å². The van der Waals surface area contributed by atoms with Gasteiger partial charge in [0, 0.05) is 12.3 Å². The predicted octanol–water partition coefficient (Wildman–Crippen LogP) is 1.89. The lowest BCUT2D eigenvalue weighted by Crippen LogP contribution is -2.10. The van der Waals surface area contributed by atoms with Crippen LogP contribution in [0.2, 0.25) is 0 Å². The SMILES string of the molecule is O=C(O)c1cn(-c2cc(C(F)(F)F)ncc2[N+](=O)[O-])cn1. The number of halogens is 3. The number of nitrogens with zero attached hydrogens (tertiary/aromatic N) is 4. The molecule has 0 spiro atoms. The van der Waals surface area contributed by atoms with E-state index in [-0.39, 0.29) is 0 Å². The highest BCUT2D eigenvalue weighted by atomic mass is 19.4. The maximum Gasteiger partial charge on any atom is 0.433 e. The van der Waals surface area contributed by atoms with E-state index >= 15 is 0 Å². The number of pyridine rings is 1. The molecule has 8 nitrogen and oxygen atoms in total. The second-order valence-electron chi connectivity index (χ2n) is 3.78. The van der Waals surface area contributed by atoms with Gasteiger partial charge in [0.2, 0.25) is 0 Å². The van der Waals surface area contributed by atoms with Crippen LogP contribution in [-0.2, 0) is 6.18 Å². The molecular formula is C10H5F3N4O4. The molecule has 0 aliphatic carbocycles. The van der Waals surface area contributed by atoms with E-state index in [1.54, 1.807) is 0 Å². The minimum absolute atomic E-state index is 0.450. The van der Waals surface area contributed by atoms with Gasteiger partial charge in [0.25, 0.3) is 0 Å². The smallest absolute Gasteiger partial charge is 0.433 e. The van der Waals surface area contributed by atoms with E-state index in [1.807, 2.05) is 0 Å². The Morgan fingerprint density at radius 2 is 2.05 bits per heavy atom. The van der Waals surface area contributed by atoms with Crippen LogP contribution in [0.1, 0.15) is 16.2 Å². The predicted molar refractivity (Wildman–Crippen MR) is 60.0 cm³/mol. The first-order valence-electron chi connectivity index (χ1n) is 5.19. The number of rotatable bonds is 3. The maximum atomic E-state index is 12.6. The molecule has 0 radical (unpaired) electrons. The van der Waals surface area contributed by atoms with Crippen molar-refractivity contribution in [3.8, 4) is 5.69 Å². The summed E-state index contributed by atoms with van der Waals surface area (Å²) in [7, 11) is 0. The molecule has 2 heterocycles. The summed E-state index contributed by atoms with van der Waals surface area (Å²) < 4.78 is 38.6. The Morgan fingerprint density at radius 1 is 1.38 bits per heavy atom. The molecule has 2 aromatic heterocycles. The average molecular weight is 302 g/mol. The second-order valence-corrected chi connectivity index (χ2v) is 3.78. The number of alkyl halides is 3. The van der Waals surface area contributed by atoms with Gasteiger partial charge in [-0.2, -0.15) is 13.2 Å². The van der Waals surface area contributed by atoms with Crippen LogP contribution >= 0.6 is 0 Å². The summed E-state index contributed by atoms with van der Waals surface area (Å²) in [5.41, 5.74) is -3.00. The van der Waals surface area contributed by atoms with Gasteiger partial charge in [-0.3, -0.25) is 14.7 Å². The molecule has 0 atom stereocenters. The molecule has 0 fully saturated rings. The Bertz CT molecular complexity index is 725. The van der Waals surface area contributed by atoms with Gasteiger partial charge in [-0.25, -0.2) is 14.8 Å². The van der Waals surface area contributed by atoms with Crippen molar-refractivity contribution < 1.29 is 28.0 Å². The van der Waals surface area contributed by atoms with Gasteiger partial charge in [0.1, 0.15) is 23.9 Å². The van der Waals surface area contributed by atoms with Gasteiger partial charge < -0.3 is 5.11 Å². The van der Waals surface area contributed by atoms with Gasteiger partial charge in [-0.05, 0) is 0 Å². The van der Waals surface area contributed by atoms with Crippen molar-refractivity contribution >= 4 is 11.7 Å². The minimum atomic E-state index is -4.79. The highest BCUT2D eigenvalue weighted by Crippen LogP contribution is 2.32. The number of aromatic nitrogens is 3. The Morgan fingerprint density at radius 3 is 2.52 bits per heavy atom. The van der Waals surface area contributed by atoms with Crippen molar-refractivity contribution in [1.82, 2.24) is 14.5 Å². The number of aromatic carboxylic acids is 1. The zero-order valence-electron chi connectivity index (χ0n) is 9.90. The Hall–Kier alpha value is -2.98. The molecule has 0 aromatic carbocycles. The number of imidazole rings is 1. The second kappa shape index (κ2) is 4.85. The van der Waals surface area contributed by atoms with Crippen LogP contribution in [0.3, 0.4) is 0 Å². The summed E-state index contributed by atoms with van der Waals surface area (Å²) in [6, 6.07) is 0.450. The van der Waals surface area contributed by atoms with E-state index in [0.29, 0.717) is 12.3 Å². The molecule has 0 aliphatic heterocycles. The topological polar surface area (TPSA) is 111 Å². The third-order valence-corrected chi connectivity index (χ3v) is 2.43. The van der Waals surface area contributed by atoms with Gasteiger partial charge in [0.05, 0.1) is 4.92 Å². The third-order valence-electron chi connectivity index (χ3n) is 2.43. The van der Waals surface area contributed by atoms with Gasteiger partial charge in [-0.15, -0.1) is 0 Å². The van der Waals surface area contributed by atoms with Crippen LogP contribution in [0.25, 0.3) is 5.69 Å². The first-order chi connectivity index (χ1) is 9.70. The van der Waals surface area contributed by atoms with Crippen molar-refractivity contribution in [3.63, 3.8) is 0 Å². The summed E-state index contributed by atoms with van der Waals surface area (Å²) >= 11 is 0. The van der Waals surface area contributed by atoms with E-state index < -0.39 is 39.8 Å². The molecule has 0 amide bonds. The number of carbonyl (C=O) groups is 1. The van der Waals surface area contributed by atoms with E-state index in [0.717, 1.165) is 17.1 Å². The first kappa shape index (κ1) is 14.4. The summed E-state index contributed by atoms with van der Waals surface area (Å²) in [6.45, 7) is 0. The molecule has 21 heavy (non-hydrogen) atoms. The zero-order valence-corrected chi connectivity index (χ0v) is 9.90. The number of hydrogen-bond donors (Lipinski definition) is 1. The third kappa shape index (κ3) is 2.80. The lowest BCUT2D eigenvalue weighted by atomic mass is 10.2. The normalized spacial score (nSPS) is 11.4. The monoisotopic (exact) mass is 302 g/mol. The van der Waals surface area contributed by atoms with Crippen molar-refractivity contribution in [2.24, 2.45) is 0 Å². The van der Waals surface area contributed by atoms with Crippen LogP contribution in [0.15, 0.2) is 24.8 Å². The van der Waals surface area contributed by atoms with Crippen molar-refractivity contribution in [3.05, 3.63) is 46.3 Å². The molecule has 0 saturated heterocycles. The van der Waals surface area contributed by atoms with E-state index in [2.05, 4.69) is 9.97 Å². The highest BCUT2D eigenvalue weighted by Gasteiger charge is 2.34. The molecule has 0 bridgehead atoms. The average Bonchev–Trinajstić information content (AvgIpc) is 2.86. The fourth-order valence-corrected chi connectivity index (χ4v) is 1.51. The number of hydrogen-bond acceptors (Lipinski definition) is 5. The van der Waals surface area contributed by atoms with Crippen LogP contribution < -0.4 is 0 Å². The van der Waals surface area contributed by atoms with Crippen LogP contribution in [0.5, 0.6) is 0 Å². The van der Waals surface area contributed by atoms with Gasteiger partial charge in [-0.1, -0.05) is 0 Å². The van der Waals surface area contributed by atoms with Crippen molar-refractivity contribution in [2.45, 2.75) is 6.18 Å². The maximum absolute atomic E-state index is 12.6. The molecule has 2 rings (SSSR count). The lowest BCUT2D eigenvalue weighted by Gasteiger charge is -2.08. The van der Waals surface area contributed by atoms with E-state index in [9.17, 15) is 28.1 Å². The van der Waals surface area contributed by atoms with Crippen LogP contribution in [-0.4, -0.2) is 30.5 Å². The fraction of sp³-hybridized carbons (Fsp3) is 0.100. The van der Waals surface area contributed by atoms with E-state index in [4.69, 9.17) is 5.11 Å². The number of carboxylic acid groups (broad SMARTS) is 1. The highest BCUT2D eigenvalue weighted by molar-refractivity contribution is 5.85. The van der Waals surface area contributed by atoms with E-state index in [1.165, 1.54) is 0 Å². The lowest BCUT2D eigenvalue weighted by molar-refractivity contribution is -0.385. The number of nitro groups is 1. The minimum Gasteiger partial charge on any atom is -0.476 e. The Labute approximate surface area is 113 Å². The molecule has 0 aliphatic rings. The Balaban J connectivity index is 2.62. The number of carboxylic acids is 1. The first-order valence-corrected chi connectivity index (χ1v) is 5.19. The molecule has 11 heteroatoms. The van der Waals surface area contributed by atoms with Crippen LogP contribution in [0, 0.1) is 10.1 Å². The summed E-state index contributed by atoms with van der Waals surface area (Å²) in [5.74, 6) is -1.42. The quantitative estimate of drug-likeness (QED) is 0.684. The summed E-state index contributed by atoms with van der Waals surface area (Å²) in [4.78, 5) is 27.0. The molecule has 1 N–H and O–H groups in total. The van der Waals surface area contributed by atoms with Crippen LogP contribution in [0.4, 0.5) is 18.9 Å². The zero-order chi connectivity index (χ0) is 15.8. The molecular weight excluding hydrogens is 297 g/mol. The van der Waals surface area contributed by atoms with Gasteiger partial charge >= 0.3 is 17.8 Å². The van der Waals surface area contributed by atoms with Crippen molar-refractivity contribution in [1.29, 1.82) is 0 Å². The molecule has 0 unspecified atom stereocenters. The molecule has 110 valence electrons. The largest absolute Gasteiger partial charge is 0.476 e. The molecule has 0 saturated carbocycles. The fourth-order valence-electron chi connectivity index (χ4n) is 1.51. The Kier molecular flexibility index (Phi) is 3.33. The summed E-state index contributed by atoms with van der Waals surface area (Å²) in [6.07, 6.45) is -2.60. The van der Waals surface area contributed by atoms with Crippen molar-refractivity contribution in [2.75, 3.05) is 0 Å².